The molecular weight excluding hydrogens is 439 g/mol. The van der Waals surface area contributed by atoms with E-state index in [2.05, 4.69) is 10.6 Å². The highest BCUT2D eigenvalue weighted by molar-refractivity contribution is 6.38. The Morgan fingerprint density at radius 2 is 1.65 bits per heavy atom. The summed E-state index contributed by atoms with van der Waals surface area (Å²) in [6, 6.07) is 16.5. The lowest BCUT2D eigenvalue weighted by Gasteiger charge is -2.15. The lowest BCUT2D eigenvalue weighted by atomic mass is 10.1. The topological polar surface area (TPSA) is 76.7 Å². The van der Waals surface area contributed by atoms with Crippen molar-refractivity contribution in [3.05, 3.63) is 81.8 Å². The van der Waals surface area contributed by atoms with Crippen molar-refractivity contribution in [3.63, 3.8) is 0 Å². The highest BCUT2D eigenvalue weighted by atomic mass is 35.5. The summed E-state index contributed by atoms with van der Waals surface area (Å²) < 4.78 is 10.6. The van der Waals surface area contributed by atoms with Crippen molar-refractivity contribution in [2.24, 2.45) is 0 Å². The van der Waals surface area contributed by atoms with Gasteiger partial charge in [0, 0.05) is 10.6 Å². The second-order valence-corrected chi connectivity index (χ2v) is 7.22. The summed E-state index contributed by atoms with van der Waals surface area (Å²) in [5.74, 6) is 0.210. The van der Waals surface area contributed by atoms with Crippen LogP contribution in [0.4, 0.5) is 11.4 Å². The van der Waals surface area contributed by atoms with Crippen LogP contribution >= 0.6 is 23.2 Å². The number of nitrogens with one attached hydrogen (secondary N) is 2. The van der Waals surface area contributed by atoms with Crippen LogP contribution in [0.3, 0.4) is 0 Å². The summed E-state index contributed by atoms with van der Waals surface area (Å²) in [6.07, 6.45) is 0. The molecule has 0 aromatic heterocycles. The highest BCUT2D eigenvalue weighted by Gasteiger charge is 2.20. The van der Waals surface area contributed by atoms with E-state index in [1.807, 2.05) is 6.92 Å². The molecular formula is C23H20Cl2N2O4. The van der Waals surface area contributed by atoms with Crippen LogP contribution in [0.1, 0.15) is 27.6 Å². The zero-order valence-electron chi connectivity index (χ0n) is 16.9. The van der Waals surface area contributed by atoms with Gasteiger partial charge in [-0.25, -0.2) is 0 Å². The van der Waals surface area contributed by atoms with Crippen molar-refractivity contribution >= 4 is 46.4 Å². The molecule has 3 aromatic rings. The van der Waals surface area contributed by atoms with E-state index in [-0.39, 0.29) is 21.3 Å². The minimum atomic E-state index is -0.499. The van der Waals surface area contributed by atoms with Crippen LogP contribution < -0.4 is 20.1 Å². The van der Waals surface area contributed by atoms with Gasteiger partial charge in [-0.1, -0.05) is 35.3 Å². The van der Waals surface area contributed by atoms with Gasteiger partial charge in [-0.2, -0.15) is 0 Å². The summed E-state index contributed by atoms with van der Waals surface area (Å²) in [4.78, 5) is 25.8. The fraction of sp³-hybridized carbons (Fsp3) is 0.130. The van der Waals surface area contributed by atoms with Gasteiger partial charge in [-0.3, -0.25) is 9.59 Å². The van der Waals surface area contributed by atoms with Crippen molar-refractivity contribution in [2.45, 2.75) is 6.92 Å². The Kier molecular flexibility index (Phi) is 7.39. The molecule has 0 saturated carbocycles. The molecule has 0 aliphatic rings. The maximum absolute atomic E-state index is 13.0. The summed E-state index contributed by atoms with van der Waals surface area (Å²) >= 11 is 12.4. The highest BCUT2D eigenvalue weighted by Crippen LogP contribution is 2.32. The Labute approximate surface area is 190 Å². The Balaban J connectivity index is 1.90. The molecule has 3 rings (SSSR count). The second-order valence-electron chi connectivity index (χ2n) is 6.38. The van der Waals surface area contributed by atoms with E-state index in [1.54, 1.807) is 48.5 Å². The van der Waals surface area contributed by atoms with Crippen LogP contribution in [0.25, 0.3) is 0 Å². The quantitative estimate of drug-likeness (QED) is 0.461. The van der Waals surface area contributed by atoms with Crippen LogP contribution in [0.2, 0.25) is 10.0 Å². The minimum absolute atomic E-state index is 0.116. The largest absolute Gasteiger partial charge is 0.497 e. The molecule has 31 heavy (non-hydrogen) atoms. The number of carbonyl (C=O) groups is 2. The third kappa shape index (κ3) is 5.48. The average molecular weight is 459 g/mol. The predicted molar refractivity (Wildman–Crippen MR) is 123 cm³/mol. The molecule has 0 unspecified atom stereocenters. The maximum Gasteiger partial charge on any atom is 0.257 e. The fourth-order valence-corrected chi connectivity index (χ4v) is 3.39. The first kappa shape index (κ1) is 22.5. The van der Waals surface area contributed by atoms with E-state index < -0.39 is 11.8 Å². The smallest absolute Gasteiger partial charge is 0.257 e. The number of halogens is 2. The zero-order chi connectivity index (χ0) is 22.4. The van der Waals surface area contributed by atoms with Crippen molar-refractivity contribution < 1.29 is 19.1 Å². The van der Waals surface area contributed by atoms with Crippen LogP contribution in [0.15, 0.2) is 60.7 Å². The number of anilines is 2. The second kappa shape index (κ2) is 10.2. The molecule has 0 fully saturated rings. The Hall–Kier alpha value is -3.22. The Bertz CT molecular complexity index is 1100. The van der Waals surface area contributed by atoms with Crippen LogP contribution in [0.5, 0.6) is 11.5 Å². The van der Waals surface area contributed by atoms with Crippen molar-refractivity contribution in [1.29, 1.82) is 0 Å². The Morgan fingerprint density at radius 3 is 2.32 bits per heavy atom. The first-order valence-electron chi connectivity index (χ1n) is 9.40. The van der Waals surface area contributed by atoms with Crippen LogP contribution in [0, 0.1) is 0 Å². The van der Waals surface area contributed by atoms with Crippen LogP contribution in [-0.2, 0) is 0 Å². The van der Waals surface area contributed by atoms with Gasteiger partial charge in [0.25, 0.3) is 11.8 Å². The molecule has 0 saturated heterocycles. The van der Waals surface area contributed by atoms with E-state index in [9.17, 15) is 9.59 Å². The van der Waals surface area contributed by atoms with E-state index in [0.717, 1.165) is 0 Å². The number of hydrogen-bond donors (Lipinski definition) is 2. The molecule has 0 aliphatic heterocycles. The lowest BCUT2D eigenvalue weighted by molar-refractivity contribution is 0.102. The monoisotopic (exact) mass is 458 g/mol. The molecule has 0 radical (unpaired) electrons. The van der Waals surface area contributed by atoms with Gasteiger partial charge in [0.15, 0.2) is 0 Å². The molecule has 0 heterocycles. The molecule has 3 aromatic carbocycles. The number of carbonyl (C=O) groups excluding carboxylic acids is 2. The minimum Gasteiger partial charge on any atom is -0.497 e. The average Bonchev–Trinajstić information content (AvgIpc) is 2.76. The van der Waals surface area contributed by atoms with Gasteiger partial charge in [0.05, 0.1) is 35.7 Å². The number of benzene rings is 3. The molecule has 2 amide bonds. The first-order chi connectivity index (χ1) is 14.9. The van der Waals surface area contributed by atoms with E-state index >= 15 is 0 Å². The van der Waals surface area contributed by atoms with Crippen molar-refractivity contribution in [3.8, 4) is 11.5 Å². The van der Waals surface area contributed by atoms with Crippen molar-refractivity contribution in [1.82, 2.24) is 0 Å². The predicted octanol–water partition coefficient (Wildman–Crippen LogP) is 5.91. The maximum atomic E-state index is 13.0. The normalized spacial score (nSPS) is 10.3. The first-order valence-corrected chi connectivity index (χ1v) is 10.2. The van der Waals surface area contributed by atoms with Gasteiger partial charge in [0.2, 0.25) is 0 Å². The molecule has 0 spiro atoms. The van der Waals surface area contributed by atoms with Gasteiger partial charge in [-0.15, -0.1) is 0 Å². The molecule has 0 bridgehead atoms. The SMILES string of the molecule is CCOc1ccccc1NC(=O)c1cc(Cl)cc(Cl)c1NC(=O)c1ccc(OC)cc1. The van der Waals surface area contributed by atoms with E-state index in [1.165, 1.54) is 19.2 Å². The van der Waals surface area contributed by atoms with Crippen LogP contribution in [-0.4, -0.2) is 25.5 Å². The van der Waals surface area contributed by atoms with Gasteiger partial charge >= 0.3 is 0 Å². The number of methoxy groups -OCH3 is 1. The molecule has 0 atom stereocenters. The third-order valence-corrected chi connectivity index (χ3v) is 4.84. The molecule has 2 N–H and O–H groups in total. The van der Waals surface area contributed by atoms with Gasteiger partial charge < -0.3 is 20.1 Å². The Morgan fingerprint density at radius 1 is 0.935 bits per heavy atom. The number of rotatable bonds is 7. The molecule has 0 aliphatic carbocycles. The number of hydrogen-bond acceptors (Lipinski definition) is 4. The lowest BCUT2D eigenvalue weighted by Crippen LogP contribution is -2.19. The molecule has 8 heteroatoms. The fourth-order valence-electron chi connectivity index (χ4n) is 2.85. The van der Waals surface area contributed by atoms with E-state index in [0.29, 0.717) is 29.4 Å². The van der Waals surface area contributed by atoms with Gasteiger partial charge in [0.1, 0.15) is 11.5 Å². The molecule has 6 nitrogen and oxygen atoms in total. The van der Waals surface area contributed by atoms with Gasteiger partial charge in [-0.05, 0) is 55.5 Å². The third-order valence-electron chi connectivity index (χ3n) is 4.33. The summed E-state index contributed by atoms with van der Waals surface area (Å²) in [5.41, 5.74) is 1.13. The number of ether oxygens (including phenoxy) is 2. The standard InChI is InChI=1S/C23H20Cl2N2O4/c1-3-31-20-7-5-4-6-19(20)26-23(29)17-12-15(24)13-18(25)21(17)27-22(28)14-8-10-16(30-2)11-9-14/h4-13H,3H2,1-2H3,(H,26,29)(H,27,28). The summed E-state index contributed by atoms with van der Waals surface area (Å²) in [6.45, 7) is 2.29. The molecule has 160 valence electrons. The van der Waals surface area contributed by atoms with Crippen molar-refractivity contribution in [2.75, 3.05) is 24.4 Å². The number of para-hydroxylation sites is 2. The number of amides is 2. The van der Waals surface area contributed by atoms with E-state index in [4.69, 9.17) is 32.7 Å². The zero-order valence-corrected chi connectivity index (χ0v) is 18.4. The summed E-state index contributed by atoms with van der Waals surface area (Å²) in [5, 5.41) is 5.89. The summed E-state index contributed by atoms with van der Waals surface area (Å²) in [7, 11) is 1.54.